The van der Waals surface area contributed by atoms with Gasteiger partial charge in [-0.2, -0.15) is 21.7 Å². The first-order valence-corrected chi connectivity index (χ1v) is 16.0. The first-order chi connectivity index (χ1) is 22.9. The third-order valence-electron chi connectivity index (χ3n) is 7.20. The summed E-state index contributed by atoms with van der Waals surface area (Å²) in [6.07, 6.45) is 0.983. The second kappa shape index (κ2) is 14.4. The van der Waals surface area contributed by atoms with Gasteiger partial charge < -0.3 is 30.1 Å². The lowest BCUT2D eigenvalue weighted by atomic mass is 10.0. The fourth-order valence-corrected chi connectivity index (χ4v) is 5.66. The molecule has 12 nitrogen and oxygen atoms in total. The highest BCUT2D eigenvalue weighted by Crippen LogP contribution is 2.31. The van der Waals surface area contributed by atoms with Gasteiger partial charge >= 0.3 is 6.09 Å². The number of nitriles is 1. The van der Waals surface area contributed by atoms with Crippen molar-refractivity contribution in [2.45, 2.75) is 38.5 Å². The van der Waals surface area contributed by atoms with Crippen molar-refractivity contribution in [3.8, 4) is 34.9 Å². The number of aromatic hydroxyl groups is 1. The molecule has 2 aromatic carbocycles. The van der Waals surface area contributed by atoms with Gasteiger partial charge in [-0.15, -0.1) is 0 Å². The number of rotatable bonds is 6. The van der Waals surface area contributed by atoms with Crippen LogP contribution in [0, 0.1) is 23.2 Å². The Morgan fingerprint density at radius 2 is 1.88 bits per heavy atom. The number of aromatic nitrogens is 2. The third-order valence-corrected chi connectivity index (χ3v) is 7.90. The van der Waals surface area contributed by atoms with E-state index >= 15 is 0 Å². The lowest BCUT2D eigenvalue weighted by Crippen LogP contribution is -2.57. The van der Waals surface area contributed by atoms with E-state index in [0.29, 0.717) is 39.2 Å². The normalized spacial score (nSPS) is 15.0. The van der Waals surface area contributed by atoms with Crippen LogP contribution in [0.4, 0.5) is 10.5 Å². The van der Waals surface area contributed by atoms with Crippen LogP contribution in [-0.2, 0) is 26.1 Å². The number of amides is 3. The molecule has 0 saturated carbocycles. The summed E-state index contributed by atoms with van der Waals surface area (Å²) in [4.78, 5) is 41.4. The van der Waals surface area contributed by atoms with E-state index in [4.69, 9.17) is 9.47 Å². The molecule has 0 aliphatic carbocycles. The Kier molecular flexibility index (Phi) is 10.1. The second-order valence-corrected chi connectivity index (χ2v) is 12.8. The molecule has 2 atom stereocenters. The van der Waals surface area contributed by atoms with Crippen LogP contribution in [-0.4, -0.2) is 69.1 Å². The minimum Gasteiger partial charge on any atom is -0.507 e. The molecule has 1 fully saturated rings. The van der Waals surface area contributed by atoms with Crippen molar-refractivity contribution in [3.05, 3.63) is 87.7 Å². The molecule has 1 aliphatic heterocycles. The van der Waals surface area contributed by atoms with Gasteiger partial charge in [0.05, 0.1) is 30.4 Å². The van der Waals surface area contributed by atoms with Gasteiger partial charge in [0.15, 0.2) is 0 Å². The summed E-state index contributed by atoms with van der Waals surface area (Å²) in [6, 6.07) is 13.2. The zero-order valence-electron chi connectivity index (χ0n) is 26.8. The molecule has 0 unspecified atom stereocenters. The van der Waals surface area contributed by atoms with Crippen LogP contribution in [0.3, 0.4) is 0 Å². The van der Waals surface area contributed by atoms with E-state index in [0.717, 1.165) is 0 Å². The van der Waals surface area contributed by atoms with E-state index in [1.54, 1.807) is 85.9 Å². The Balaban J connectivity index is 1.29. The number of phenolic OH excluding ortho intramolecular Hbond substituents is 1. The molecule has 48 heavy (non-hydrogen) atoms. The molecular formula is C35H34N6O6S. The van der Waals surface area contributed by atoms with E-state index in [-0.39, 0.29) is 25.5 Å². The molecular weight excluding hydrogens is 632 g/mol. The molecule has 3 heterocycles. The Morgan fingerprint density at radius 3 is 2.56 bits per heavy atom. The first-order valence-electron chi connectivity index (χ1n) is 15.0. The van der Waals surface area contributed by atoms with Crippen molar-refractivity contribution >= 4 is 34.9 Å². The van der Waals surface area contributed by atoms with Crippen LogP contribution in [0.5, 0.6) is 5.75 Å². The molecule has 0 radical (unpaired) electrons. The highest BCUT2D eigenvalue weighted by Gasteiger charge is 2.38. The van der Waals surface area contributed by atoms with Crippen molar-refractivity contribution < 1.29 is 29.0 Å². The number of carbonyl (C=O) groups is 3. The number of nitrogens with one attached hydrogen (secondary N) is 2. The van der Waals surface area contributed by atoms with E-state index in [1.807, 2.05) is 0 Å². The number of benzene rings is 2. The zero-order chi connectivity index (χ0) is 34.4. The molecule has 3 N–H and O–H groups in total. The van der Waals surface area contributed by atoms with Gasteiger partial charge in [-0.3, -0.25) is 14.3 Å². The van der Waals surface area contributed by atoms with Crippen LogP contribution in [0.25, 0.3) is 11.3 Å². The fourth-order valence-electron chi connectivity index (χ4n) is 4.98. The van der Waals surface area contributed by atoms with E-state index in [9.17, 15) is 24.8 Å². The number of carbonyl (C=O) groups excluding carboxylic acids is 3. The number of alkyl carbamates (subject to hydrolysis) is 1. The minimum absolute atomic E-state index is 0.00972. The van der Waals surface area contributed by atoms with Crippen molar-refractivity contribution in [1.29, 1.82) is 5.26 Å². The molecule has 1 aliphatic rings. The maximum Gasteiger partial charge on any atom is 0.408 e. The SMILES string of the molecule is Cn1cc(C#Cc2ccc(NC(=O)[C@H]3COCCN3C(=O)[C@@H](NC(=O)OC(C)(C)C)c3ccsc3)cc2)c(-c2cc(C#N)ccc2O)n1. The Bertz CT molecular complexity index is 1910. The van der Waals surface area contributed by atoms with Gasteiger partial charge in [0.1, 0.15) is 29.1 Å². The smallest absolute Gasteiger partial charge is 0.408 e. The number of phenols is 1. The van der Waals surface area contributed by atoms with Crippen LogP contribution < -0.4 is 10.6 Å². The average molecular weight is 667 g/mol. The number of thiophene rings is 1. The van der Waals surface area contributed by atoms with Crippen molar-refractivity contribution in [2.75, 3.05) is 25.1 Å². The first kappa shape index (κ1) is 33.7. The number of aryl methyl sites for hydroxylation is 1. The quantitative estimate of drug-likeness (QED) is 0.253. The van der Waals surface area contributed by atoms with E-state index in [1.165, 1.54) is 28.4 Å². The maximum absolute atomic E-state index is 13.8. The molecule has 3 amide bonds. The summed E-state index contributed by atoms with van der Waals surface area (Å²) in [5.41, 5.74) is 2.77. The van der Waals surface area contributed by atoms with Crippen LogP contribution in [0.2, 0.25) is 0 Å². The molecule has 1 saturated heterocycles. The Labute approximate surface area is 281 Å². The molecule has 0 bridgehead atoms. The fraction of sp³-hybridized carbons (Fsp3) is 0.286. The second-order valence-electron chi connectivity index (χ2n) is 12.0. The largest absolute Gasteiger partial charge is 0.507 e. The predicted octanol–water partition coefficient (Wildman–Crippen LogP) is 4.56. The van der Waals surface area contributed by atoms with Crippen molar-refractivity contribution in [2.24, 2.45) is 7.05 Å². The highest BCUT2D eigenvalue weighted by molar-refractivity contribution is 7.08. The molecule has 4 aromatic rings. The number of anilines is 1. The lowest BCUT2D eigenvalue weighted by molar-refractivity contribution is -0.148. The summed E-state index contributed by atoms with van der Waals surface area (Å²) in [7, 11) is 1.74. The zero-order valence-corrected chi connectivity index (χ0v) is 27.6. The van der Waals surface area contributed by atoms with Crippen molar-refractivity contribution in [1.82, 2.24) is 20.0 Å². The third kappa shape index (κ3) is 8.20. The highest BCUT2D eigenvalue weighted by atomic mass is 32.1. The standard InChI is InChI=1S/C35H34N6O6S/c1-35(2,3)47-34(45)38-31(25-13-16-48-21-25)33(44)41-14-15-46-20-28(41)32(43)37-26-10-6-22(7-11-26)5-9-24-19-40(4)39-30(24)27-17-23(18-36)8-12-29(27)42/h6-8,10-13,16-17,19,21,28,31,42H,14-15,20H2,1-4H3,(H,37,43)(H,38,45)/t28-,31+/m1/s1. The Hall–Kier alpha value is -5.63. The number of nitrogens with zero attached hydrogens (tertiary/aromatic N) is 4. The van der Waals surface area contributed by atoms with Gasteiger partial charge in [-0.05, 0) is 85.6 Å². The van der Waals surface area contributed by atoms with E-state index in [2.05, 4.69) is 33.6 Å². The summed E-state index contributed by atoms with van der Waals surface area (Å²) >= 11 is 1.39. The maximum atomic E-state index is 13.8. The van der Waals surface area contributed by atoms with Crippen LogP contribution in [0.1, 0.15) is 49.1 Å². The average Bonchev–Trinajstić information content (AvgIpc) is 3.72. The summed E-state index contributed by atoms with van der Waals surface area (Å²) < 4.78 is 12.5. The molecule has 2 aromatic heterocycles. The van der Waals surface area contributed by atoms with Gasteiger partial charge in [0.2, 0.25) is 5.91 Å². The van der Waals surface area contributed by atoms with Crippen LogP contribution >= 0.6 is 11.3 Å². The summed E-state index contributed by atoms with van der Waals surface area (Å²) in [5.74, 6) is 5.25. The van der Waals surface area contributed by atoms with Gasteiger partial charge in [0, 0.05) is 36.6 Å². The summed E-state index contributed by atoms with van der Waals surface area (Å²) in [5, 5.41) is 33.2. The molecule has 0 spiro atoms. The topological polar surface area (TPSA) is 159 Å². The molecule has 246 valence electrons. The van der Waals surface area contributed by atoms with Gasteiger partial charge in [0.25, 0.3) is 5.91 Å². The predicted molar refractivity (Wildman–Crippen MR) is 179 cm³/mol. The van der Waals surface area contributed by atoms with Gasteiger partial charge in [-0.25, -0.2) is 4.79 Å². The Morgan fingerprint density at radius 1 is 1.12 bits per heavy atom. The van der Waals surface area contributed by atoms with Crippen molar-refractivity contribution in [3.63, 3.8) is 0 Å². The minimum atomic E-state index is -1.04. The number of hydrogen-bond acceptors (Lipinski definition) is 9. The van der Waals surface area contributed by atoms with Crippen LogP contribution in [0.15, 0.2) is 65.5 Å². The van der Waals surface area contributed by atoms with Gasteiger partial charge in [-0.1, -0.05) is 11.8 Å². The lowest BCUT2D eigenvalue weighted by Gasteiger charge is -2.36. The molecule has 13 heteroatoms. The monoisotopic (exact) mass is 666 g/mol. The number of morpholine rings is 1. The number of ether oxygens (including phenoxy) is 2. The molecule has 5 rings (SSSR count). The number of hydrogen-bond donors (Lipinski definition) is 3. The van der Waals surface area contributed by atoms with E-state index < -0.39 is 35.6 Å². The summed E-state index contributed by atoms with van der Waals surface area (Å²) in [6.45, 7) is 5.60.